The maximum absolute atomic E-state index is 11.6. The molecule has 1 aromatic heterocycles. The lowest BCUT2D eigenvalue weighted by atomic mass is 9.93. The van der Waals surface area contributed by atoms with Gasteiger partial charge in [0.2, 0.25) is 16.9 Å². The van der Waals surface area contributed by atoms with Gasteiger partial charge in [0.25, 0.3) is 0 Å². The van der Waals surface area contributed by atoms with Crippen molar-refractivity contribution in [1.29, 1.82) is 0 Å². The third-order valence-corrected chi connectivity index (χ3v) is 4.41. The van der Waals surface area contributed by atoms with Crippen molar-refractivity contribution in [1.82, 2.24) is 4.98 Å². The van der Waals surface area contributed by atoms with Gasteiger partial charge in [0.15, 0.2) is 5.96 Å². The quantitative estimate of drug-likeness (QED) is 0.440. The third kappa shape index (κ3) is 4.07. The molecule has 2 amide bonds. The number of hydrogen-bond donors (Lipinski definition) is 4. The first-order valence-corrected chi connectivity index (χ1v) is 7.84. The molecule has 0 spiro atoms. The Morgan fingerprint density at radius 1 is 1.25 bits per heavy atom. The van der Waals surface area contributed by atoms with Crippen molar-refractivity contribution >= 4 is 34.2 Å². The van der Waals surface area contributed by atoms with Crippen molar-refractivity contribution in [3.05, 3.63) is 35.5 Å². The predicted molar refractivity (Wildman–Crippen MR) is 93.5 cm³/mol. The molecule has 2 rings (SSSR count). The number of benzene rings is 1. The maximum Gasteiger partial charge on any atom is 0.225 e. The van der Waals surface area contributed by atoms with Crippen molar-refractivity contribution in [3.8, 4) is 10.4 Å². The highest BCUT2D eigenvalue weighted by molar-refractivity contribution is 7.18. The molecule has 0 fully saturated rings. The van der Waals surface area contributed by atoms with E-state index in [1.54, 1.807) is 18.2 Å². The van der Waals surface area contributed by atoms with Crippen LogP contribution in [0.25, 0.3) is 10.4 Å². The highest BCUT2D eigenvalue weighted by atomic mass is 32.1. The number of amides is 2. The van der Waals surface area contributed by atoms with Gasteiger partial charge in [0.05, 0.1) is 16.5 Å². The van der Waals surface area contributed by atoms with Gasteiger partial charge in [0.1, 0.15) is 0 Å². The molecule has 8 nitrogen and oxygen atoms in total. The van der Waals surface area contributed by atoms with Gasteiger partial charge in [-0.1, -0.05) is 29.5 Å². The summed E-state index contributed by atoms with van der Waals surface area (Å²) in [5.41, 5.74) is 23.5. The molecule has 0 aliphatic heterocycles. The molecule has 0 saturated heterocycles. The Hall–Kier alpha value is -2.94. The topological polar surface area (TPSA) is 163 Å². The summed E-state index contributed by atoms with van der Waals surface area (Å²) in [6.07, 6.45) is -0.139. The highest BCUT2D eigenvalue weighted by Crippen LogP contribution is 2.35. The fourth-order valence-corrected chi connectivity index (χ4v) is 3.24. The van der Waals surface area contributed by atoms with Crippen LogP contribution in [0.4, 0.5) is 5.13 Å². The number of thiazole rings is 1. The number of aliphatic imine (C=N–C) groups is 1. The normalized spacial score (nSPS) is 11.7. The van der Waals surface area contributed by atoms with Gasteiger partial charge in [-0.25, -0.2) is 4.98 Å². The summed E-state index contributed by atoms with van der Waals surface area (Å²) in [6, 6.07) is 7.17. The van der Waals surface area contributed by atoms with Gasteiger partial charge in [0, 0.05) is 6.42 Å². The van der Waals surface area contributed by atoms with Crippen LogP contribution in [0.1, 0.15) is 23.6 Å². The fourth-order valence-electron chi connectivity index (χ4n) is 2.29. The van der Waals surface area contributed by atoms with Crippen LogP contribution in [0.5, 0.6) is 0 Å². The first-order valence-electron chi connectivity index (χ1n) is 7.03. The second kappa shape index (κ2) is 7.09. The molecule has 0 radical (unpaired) electrons. The number of aromatic nitrogens is 1. The minimum Gasteiger partial charge on any atom is -0.370 e. The minimum absolute atomic E-state index is 0.0701. The summed E-state index contributed by atoms with van der Waals surface area (Å²) in [5.74, 6) is -2.03. The summed E-state index contributed by atoms with van der Waals surface area (Å²) in [6.45, 7) is 1.83. The molecule has 8 N–H and O–H groups in total. The molecule has 126 valence electrons. The second-order valence-corrected chi connectivity index (χ2v) is 6.18. The molecule has 1 unspecified atom stereocenters. The zero-order valence-electron chi connectivity index (χ0n) is 13.0. The number of aryl methyl sites for hydroxylation is 1. The number of primary amides is 2. The molecule has 1 aromatic carbocycles. The van der Waals surface area contributed by atoms with E-state index < -0.39 is 17.7 Å². The molecule has 0 bridgehead atoms. The lowest BCUT2D eigenvalue weighted by molar-refractivity contribution is -0.124. The van der Waals surface area contributed by atoms with Crippen LogP contribution in [0.15, 0.2) is 29.3 Å². The van der Waals surface area contributed by atoms with E-state index in [9.17, 15) is 9.59 Å². The number of nitrogens with zero attached hydrogens (tertiary/aromatic N) is 2. The second-order valence-electron chi connectivity index (χ2n) is 5.20. The van der Waals surface area contributed by atoms with E-state index in [4.69, 9.17) is 22.9 Å². The monoisotopic (exact) mass is 346 g/mol. The lowest BCUT2D eigenvalue weighted by Crippen LogP contribution is -2.26. The smallest absolute Gasteiger partial charge is 0.225 e. The minimum atomic E-state index is -0.771. The fraction of sp³-hybridized carbons (Fsp3) is 0.200. The van der Waals surface area contributed by atoms with Crippen LogP contribution in [0.2, 0.25) is 0 Å². The van der Waals surface area contributed by atoms with E-state index in [2.05, 4.69) is 9.98 Å². The Morgan fingerprint density at radius 3 is 2.54 bits per heavy atom. The van der Waals surface area contributed by atoms with Crippen molar-refractivity contribution < 1.29 is 9.59 Å². The zero-order chi connectivity index (χ0) is 17.9. The van der Waals surface area contributed by atoms with Crippen LogP contribution in [0.3, 0.4) is 0 Å². The average Bonchev–Trinajstić information content (AvgIpc) is 2.84. The van der Waals surface area contributed by atoms with Crippen LogP contribution in [-0.2, 0) is 9.59 Å². The molecule has 0 saturated carbocycles. The van der Waals surface area contributed by atoms with Crippen LogP contribution < -0.4 is 22.9 Å². The van der Waals surface area contributed by atoms with Gasteiger partial charge in [-0.2, -0.15) is 4.99 Å². The summed E-state index contributed by atoms with van der Waals surface area (Å²) in [7, 11) is 0. The van der Waals surface area contributed by atoms with E-state index in [-0.39, 0.29) is 12.4 Å². The molecular weight excluding hydrogens is 328 g/mol. The zero-order valence-corrected chi connectivity index (χ0v) is 13.8. The van der Waals surface area contributed by atoms with Crippen molar-refractivity contribution in [3.63, 3.8) is 0 Å². The van der Waals surface area contributed by atoms with Gasteiger partial charge >= 0.3 is 0 Å². The number of nitrogens with two attached hydrogens (primary N) is 4. The van der Waals surface area contributed by atoms with E-state index in [0.717, 1.165) is 16.1 Å². The number of hydrogen-bond acceptors (Lipinski definition) is 5. The molecule has 2 aromatic rings. The van der Waals surface area contributed by atoms with Crippen molar-refractivity contribution in [2.75, 3.05) is 0 Å². The van der Waals surface area contributed by atoms with E-state index >= 15 is 0 Å². The molecule has 0 aliphatic rings. The van der Waals surface area contributed by atoms with Gasteiger partial charge in [-0.15, -0.1) is 0 Å². The van der Waals surface area contributed by atoms with Crippen molar-refractivity contribution in [2.24, 2.45) is 27.9 Å². The van der Waals surface area contributed by atoms with Crippen LogP contribution in [-0.4, -0.2) is 22.8 Å². The summed E-state index contributed by atoms with van der Waals surface area (Å²) in [4.78, 5) is 31.9. The summed E-state index contributed by atoms with van der Waals surface area (Å²) < 4.78 is 0. The Morgan fingerprint density at radius 2 is 1.96 bits per heavy atom. The van der Waals surface area contributed by atoms with Crippen LogP contribution >= 0.6 is 11.3 Å². The largest absolute Gasteiger partial charge is 0.370 e. The number of carbonyl (C=O) groups excluding carboxylic acids is 2. The Labute approximate surface area is 142 Å². The van der Waals surface area contributed by atoms with Gasteiger partial charge in [-0.3, -0.25) is 9.59 Å². The Bertz CT molecular complexity index is 810. The molecule has 9 heteroatoms. The van der Waals surface area contributed by atoms with E-state index in [1.807, 2.05) is 13.0 Å². The van der Waals surface area contributed by atoms with E-state index in [1.165, 1.54) is 11.3 Å². The summed E-state index contributed by atoms with van der Waals surface area (Å²) in [5, 5.41) is 0.441. The van der Waals surface area contributed by atoms with Gasteiger partial charge in [-0.05, 0) is 24.1 Å². The number of rotatable bonds is 6. The van der Waals surface area contributed by atoms with Crippen LogP contribution in [0, 0.1) is 6.92 Å². The molecule has 1 heterocycles. The Kier molecular flexibility index (Phi) is 5.14. The van der Waals surface area contributed by atoms with Gasteiger partial charge < -0.3 is 22.9 Å². The number of guanidine groups is 1. The molecule has 0 aliphatic carbocycles. The summed E-state index contributed by atoms with van der Waals surface area (Å²) >= 11 is 1.32. The lowest BCUT2D eigenvalue weighted by Gasteiger charge is -2.13. The Balaban J connectivity index is 2.43. The third-order valence-electron chi connectivity index (χ3n) is 3.31. The molecule has 24 heavy (non-hydrogen) atoms. The number of carbonyl (C=O) groups is 2. The maximum atomic E-state index is 11.6. The van der Waals surface area contributed by atoms with E-state index in [0.29, 0.717) is 10.7 Å². The average molecular weight is 346 g/mol. The SMILES string of the molecule is Cc1nc(N=C(N)N)sc1-c1cccc(C(CC(N)=O)C(N)=O)c1. The predicted octanol–water partition coefficient (Wildman–Crippen LogP) is 0.468. The first-order chi connectivity index (χ1) is 11.3. The highest BCUT2D eigenvalue weighted by Gasteiger charge is 2.21. The first kappa shape index (κ1) is 17.4. The van der Waals surface area contributed by atoms with Crippen molar-refractivity contribution in [2.45, 2.75) is 19.3 Å². The molecule has 1 atom stereocenters. The molecular formula is C15H18N6O2S. The standard InChI is InChI=1S/C15H18N6O2S/c1-7-12(24-15(20-7)21-14(18)19)9-4-2-3-8(5-9)10(13(17)23)6-11(16)22/h2-5,10H,6H2,1H3,(H2,16,22)(H2,17,23)(H4,18,19,20,21).